The van der Waals surface area contributed by atoms with Gasteiger partial charge in [0.25, 0.3) is 17.3 Å². The quantitative estimate of drug-likeness (QED) is 0.0649. The first-order valence-electron chi connectivity index (χ1n) is 17.4. The lowest BCUT2D eigenvalue weighted by Crippen LogP contribution is -2.62. The number of hydrogen-bond donors (Lipinski definition) is 1. The molecule has 0 aromatic heterocycles. The van der Waals surface area contributed by atoms with Crippen LogP contribution in [-0.2, 0) is 23.9 Å². The zero-order valence-electron chi connectivity index (χ0n) is 30.5. The van der Waals surface area contributed by atoms with Gasteiger partial charge in [-0.2, -0.15) is 0 Å². The van der Waals surface area contributed by atoms with Crippen molar-refractivity contribution in [1.29, 1.82) is 0 Å². The molecule has 2 N–H and O–H groups in total. The lowest BCUT2D eigenvalue weighted by molar-refractivity contribution is -0.385. The number of benzene rings is 4. The van der Waals surface area contributed by atoms with Crippen LogP contribution in [0.4, 0.5) is 21.9 Å². The summed E-state index contributed by atoms with van der Waals surface area (Å²) in [4.78, 5) is 103. The number of nitro groups is 2. The minimum atomic E-state index is -1.25. The van der Waals surface area contributed by atoms with Crippen LogP contribution in [-0.4, -0.2) is 69.8 Å². The van der Waals surface area contributed by atoms with E-state index in [1.54, 1.807) is 37.3 Å². The molecule has 18 nitrogen and oxygen atoms in total. The number of esters is 3. The number of nitro benzene ring substituents is 2. The molecule has 2 aliphatic heterocycles. The minimum absolute atomic E-state index is 0.133. The Hall–Kier alpha value is -7.50. The summed E-state index contributed by atoms with van der Waals surface area (Å²) in [6.07, 6.45) is -1.25. The fourth-order valence-corrected chi connectivity index (χ4v) is 7.05. The molecule has 0 unspecified atom stereocenters. The molecule has 1 saturated heterocycles. The molecule has 0 saturated carbocycles. The van der Waals surface area contributed by atoms with Gasteiger partial charge >= 0.3 is 24.0 Å². The molecule has 292 valence electrons. The molecule has 57 heavy (non-hydrogen) atoms. The summed E-state index contributed by atoms with van der Waals surface area (Å²) in [5.41, 5.74) is 4.30. The van der Waals surface area contributed by atoms with Crippen LogP contribution in [0.2, 0.25) is 0 Å². The lowest BCUT2D eigenvalue weighted by atomic mass is 9.74. The van der Waals surface area contributed by atoms with Crippen LogP contribution in [0.15, 0.2) is 96.2 Å². The molecule has 4 aromatic rings. The highest BCUT2D eigenvalue weighted by atomic mass is 16.6. The van der Waals surface area contributed by atoms with Gasteiger partial charge in [-0.1, -0.05) is 45.0 Å². The molecule has 2 aliphatic rings. The second-order valence-corrected chi connectivity index (χ2v) is 13.5. The SMILES string of the molecule is CC(C)[C@H]1C(=O)N2C(C(=O)OC(=O)c3ccc([N+](=O)[O-])cc3)=C(CN(C(=O)OC(=O)c3ccc([N+](=O)[O-])cc3)c3cccc4c(OCC(N)=O)cccc34)[C@H](C)[C@H]12. The van der Waals surface area contributed by atoms with Crippen LogP contribution in [0.3, 0.4) is 0 Å². The maximum atomic E-state index is 14.2. The number of carbonyl (C=O) groups excluding carboxylic acids is 6. The van der Waals surface area contributed by atoms with E-state index < -0.39 is 76.7 Å². The zero-order chi connectivity index (χ0) is 41.3. The largest absolute Gasteiger partial charge is 0.483 e. The van der Waals surface area contributed by atoms with Crippen LogP contribution in [0, 0.1) is 38.0 Å². The van der Waals surface area contributed by atoms with Crippen LogP contribution in [0.25, 0.3) is 10.8 Å². The van der Waals surface area contributed by atoms with Crippen molar-refractivity contribution < 1.29 is 52.8 Å². The molecule has 0 spiro atoms. The first kappa shape index (κ1) is 39.2. The number of anilines is 1. The third kappa shape index (κ3) is 7.60. The van der Waals surface area contributed by atoms with Crippen molar-refractivity contribution in [2.75, 3.05) is 18.1 Å². The van der Waals surface area contributed by atoms with E-state index in [4.69, 9.17) is 19.9 Å². The van der Waals surface area contributed by atoms with E-state index in [1.165, 1.54) is 11.0 Å². The first-order chi connectivity index (χ1) is 27.1. The third-order valence-electron chi connectivity index (χ3n) is 9.77. The fourth-order valence-electron chi connectivity index (χ4n) is 7.05. The van der Waals surface area contributed by atoms with Gasteiger partial charge in [0.2, 0.25) is 5.91 Å². The Morgan fingerprint density at radius 1 is 0.789 bits per heavy atom. The summed E-state index contributed by atoms with van der Waals surface area (Å²) in [5, 5.41) is 23.1. The predicted molar refractivity (Wildman–Crippen MR) is 199 cm³/mol. The van der Waals surface area contributed by atoms with E-state index in [0.717, 1.165) is 53.4 Å². The van der Waals surface area contributed by atoms with Gasteiger partial charge in [0, 0.05) is 41.0 Å². The number of ether oxygens (including phenoxy) is 3. The average molecular weight is 780 g/mol. The molecular formula is C39H33N5O13. The monoisotopic (exact) mass is 779 g/mol. The van der Waals surface area contributed by atoms with E-state index in [2.05, 4.69) is 0 Å². The Kier molecular flexibility index (Phi) is 10.8. The molecule has 4 aromatic carbocycles. The van der Waals surface area contributed by atoms with Crippen molar-refractivity contribution in [3.8, 4) is 5.75 Å². The Bertz CT molecular complexity index is 2390. The zero-order valence-corrected chi connectivity index (χ0v) is 30.5. The number of fused-ring (bicyclic) bond motifs is 2. The number of amides is 3. The summed E-state index contributed by atoms with van der Waals surface area (Å²) < 4.78 is 16.2. The highest BCUT2D eigenvalue weighted by Crippen LogP contribution is 2.49. The first-order valence-corrected chi connectivity index (χ1v) is 17.4. The predicted octanol–water partition coefficient (Wildman–Crippen LogP) is 5.07. The van der Waals surface area contributed by atoms with E-state index in [9.17, 15) is 49.0 Å². The number of non-ortho nitro benzene ring substituents is 2. The third-order valence-corrected chi connectivity index (χ3v) is 9.77. The molecule has 0 radical (unpaired) electrons. The molecule has 0 bridgehead atoms. The van der Waals surface area contributed by atoms with Crippen molar-refractivity contribution >= 4 is 63.7 Å². The molecule has 3 atom stereocenters. The van der Waals surface area contributed by atoms with Gasteiger partial charge in [-0.25, -0.2) is 19.2 Å². The van der Waals surface area contributed by atoms with Gasteiger partial charge < -0.3 is 24.8 Å². The van der Waals surface area contributed by atoms with Crippen molar-refractivity contribution in [2.45, 2.75) is 26.8 Å². The van der Waals surface area contributed by atoms with E-state index >= 15 is 0 Å². The maximum absolute atomic E-state index is 14.2. The fraction of sp³-hybridized carbons (Fsp3) is 0.231. The molecule has 2 heterocycles. The van der Waals surface area contributed by atoms with Crippen LogP contribution < -0.4 is 15.4 Å². The molecule has 6 rings (SSSR count). The maximum Gasteiger partial charge on any atom is 0.422 e. The van der Waals surface area contributed by atoms with E-state index in [0.29, 0.717) is 10.8 Å². The van der Waals surface area contributed by atoms with Crippen molar-refractivity contribution in [2.24, 2.45) is 23.5 Å². The summed E-state index contributed by atoms with van der Waals surface area (Å²) >= 11 is 0. The standard InChI is InChI=1S/C39H33N5O13/c1-20(2)32-33-21(3)28(34(42(33)35(32)46)38(49)56-36(47)22-10-14-24(15-11-22)43(51)52)18-41(39(50)57-37(48)23-12-16-25(17-13-23)44(53)54)29-8-4-7-27-26(29)6-5-9-30(27)55-19-31(40)45/h4-17,20-21,32-33H,18-19H2,1-3H3,(H2,40,45)/t21-,32+,33+/m0/s1. The Morgan fingerprint density at radius 3 is 1.88 bits per heavy atom. The molecular weight excluding hydrogens is 746 g/mol. The smallest absolute Gasteiger partial charge is 0.422 e. The number of rotatable bonds is 12. The van der Waals surface area contributed by atoms with Gasteiger partial charge in [0.1, 0.15) is 11.4 Å². The number of carbonyl (C=O) groups is 6. The van der Waals surface area contributed by atoms with Gasteiger partial charge in [0.15, 0.2) is 6.61 Å². The number of hydrogen-bond acceptors (Lipinski definition) is 13. The Labute approximate surface area is 322 Å². The Morgan fingerprint density at radius 2 is 1.33 bits per heavy atom. The number of nitrogens with two attached hydrogens (primary N) is 1. The van der Waals surface area contributed by atoms with Crippen LogP contribution >= 0.6 is 0 Å². The van der Waals surface area contributed by atoms with E-state index in [1.807, 2.05) is 13.8 Å². The number of primary amides is 1. The topological polar surface area (TPSA) is 249 Å². The highest BCUT2D eigenvalue weighted by Gasteiger charge is 2.59. The molecule has 3 amide bonds. The second-order valence-electron chi connectivity index (χ2n) is 13.5. The number of β-lactam (4-membered cyclic amide) rings is 1. The van der Waals surface area contributed by atoms with Crippen molar-refractivity contribution in [3.05, 3.63) is 128 Å². The number of nitrogens with zero attached hydrogens (tertiary/aromatic N) is 4. The molecule has 1 fully saturated rings. The normalized spacial score (nSPS) is 17.1. The van der Waals surface area contributed by atoms with Crippen LogP contribution in [0.1, 0.15) is 41.5 Å². The summed E-state index contributed by atoms with van der Waals surface area (Å²) in [5.74, 6) is -5.82. The summed E-state index contributed by atoms with van der Waals surface area (Å²) in [7, 11) is 0. The summed E-state index contributed by atoms with van der Waals surface area (Å²) in [6.45, 7) is 4.46. The molecule has 18 heteroatoms. The highest BCUT2D eigenvalue weighted by molar-refractivity contribution is 6.09. The van der Waals surface area contributed by atoms with Crippen molar-refractivity contribution in [3.63, 3.8) is 0 Å². The average Bonchev–Trinajstić information content (AvgIpc) is 3.42. The van der Waals surface area contributed by atoms with Gasteiger partial charge in [0.05, 0.1) is 45.2 Å². The van der Waals surface area contributed by atoms with E-state index in [-0.39, 0.29) is 51.1 Å². The second kappa shape index (κ2) is 15.7. The minimum Gasteiger partial charge on any atom is -0.483 e. The summed E-state index contributed by atoms with van der Waals surface area (Å²) in [6, 6.07) is 17.6. The van der Waals surface area contributed by atoms with Crippen LogP contribution in [0.5, 0.6) is 5.75 Å². The lowest BCUT2D eigenvalue weighted by Gasteiger charge is -2.47. The van der Waals surface area contributed by atoms with Crippen molar-refractivity contribution in [1.82, 2.24) is 4.90 Å². The van der Waals surface area contributed by atoms with Gasteiger partial charge in [-0.3, -0.25) is 34.7 Å². The molecule has 0 aliphatic carbocycles. The van der Waals surface area contributed by atoms with Gasteiger partial charge in [-0.15, -0.1) is 0 Å². The van der Waals surface area contributed by atoms with Gasteiger partial charge in [-0.05, 0) is 47.9 Å². The Balaban J connectivity index is 1.43.